The molecule has 1 amide bonds. The lowest BCUT2D eigenvalue weighted by Crippen LogP contribution is -2.39. The zero-order chi connectivity index (χ0) is 23.6. The predicted molar refractivity (Wildman–Crippen MR) is 131 cm³/mol. The summed E-state index contributed by atoms with van der Waals surface area (Å²) < 4.78 is 29.1. The zero-order valence-electron chi connectivity index (χ0n) is 19.3. The Labute approximate surface area is 200 Å². The summed E-state index contributed by atoms with van der Waals surface area (Å²) in [6, 6.07) is 5.12. The van der Waals surface area contributed by atoms with Crippen molar-refractivity contribution in [1.29, 1.82) is 0 Å². The van der Waals surface area contributed by atoms with E-state index < -0.39 is 16.1 Å². The summed E-state index contributed by atoms with van der Waals surface area (Å²) in [5, 5.41) is 13.4. The van der Waals surface area contributed by atoms with Gasteiger partial charge in [-0.05, 0) is 75.5 Å². The molecule has 0 unspecified atom stereocenters. The van der Waals surface area contributed by atoms with Crippen molar-refractivity contribution in [2.45, 2.75) is 88.7 Å². The van der Waals surface area contributed by atoms with Gasteiger partial charge in [0.2, 0.25) is 15.9 Å². The van der Waals surface area contributed by atoms with Gasteiger partial charge in [0.15, 0.2) is 5.13 Å². The summed E-state index contributed by atoms with van der Waals surface area (Å²) in [6.07, 6.45) is 7.40. The van der Waals surface area contributed by atoms with E-state index in [4.69, 9.17) is 0 Å². The number of rotatable bonds is 7. The number of nitrogens with one attached hydrogen (secondary N) is 2. The number of aryl methyl sites for hydroxylation is 2. The van der Waals surface area contributed by atoms with Crippen LogP contribution in [0.2, 0.25) is 0 Å². The monoisotopic (exact) mass is 491 g/mol. The summed E-state index contributed by atoms with van der Waals surface area (Å²) in [5.74, 6) is 0.460. The highest BCUT2D eigenvalue weighted by atomic mass is 32.2. The van der Waals surface area contributed by atoms with Gasteiger partial charge in [-0.15, -0.1) is 0 Å². The molecule has 0 aliphatic heterocycles. The minimum atomic E-state index is -3.73. The van der Waals surface area contributed by atoms with Crippen molar-refractivity contribution in [2.24, 2.45) is 5.92 Å². The van der Waals surface area contributed by atoms with Crippen molar-refractivity contribution < 1.29 is 18.3 Å². The first-order chi connectivity index (χ1) is 15.7. The molecule has 0 radical (unpaired) electrons. The maximum atomic E-state index is 13.1. The Morgan fingerprint density at radius 1 is 1.15 bits per heavy atom. The van der Waals surface area contributed by atoms with Crippen molar-refractivity contribution in [2.75, 3.05) is 5.32 Å². The van der Waals surface area contributed by atoms with Crippen molar-refractivity contribution in [3.05, 3.63) is 29.5 Å². The van der Waals surface area contributed by atoms with Crippen LogP contribution in [-0.4, -0.2) is 36.6 Å². The number of amides is 1. The second-order valence-corrected chi connectivity index (χ2v) is 12.1. The fourth-order valence-electron chi connectivity index (χ4n) is 4.95. The first-order valence-electron chi connectivity index (χ1n) is 11.8. The standard InChI is InChI=1S/C24H33N3O4S2/c1-15-10-11-18(13-21(15)33(30,31)27-19-8-5-9-20(28)14-19)23-16(2)25-24(32-23)26-22(29)12-17-6-3-4-7-17/h10-11,13,17,19-20,27-28H,3-9,12,14H2,1-2H3,(H,25,26,29)/t19-,20+/m0/s1. The molecule has 4 rings (SSSR count). The molecule has 33 heavy (non-hydrogen) atoms. The minimum absolute atomic E-state index is 0.00626. The van der Waals surface area contributed by atoms with E-state index in [1.165, 1.54) is 24.2 Å². The average molecular weight is 492 g/mol. The molecule has 2 fully saturated rings. The van der Waals surface area contributed by atoms with Crippen LogP contribution < -0.4 is 10.0 Å². The van der Waals surface area contributed by atoms with Gasteiger partial charge in [0.05, 0.1) is 21.6 Å². The van der Waals surface area contributed by atoms with Crippen LogP contribution in [0.3, 0.4) is 0 Å². The number of aromatic nitrogens is 1. The Bertz CT molecular complexity index is 1110. The number of benzene rings is 1. The third-order valence-corrected chi connectivity index (χ3v) is 9.48. The van der Waals surface area contributed by atoms with E-state index in [0.717, 1.165) is 48.2 Å². The van der Waals surface area contributed by atoms with Gasteiger partial charge in [0.1, 0.15) is 0 Å². The fourth-order valence-corrected chi connectivity index (χ4v) is 7.48. The van der Waals surface area contributed by atoms with Gasteiger partial charge in [-0.3, -0.25) is 4.79 Å². The van der Waals surface area contributed by atoms with E-state index in [1.807, 2.05) is 13.0 Å². The number of hydrogen-bond donors (Lipinski definition) is 3. The van der Waals surface area contributed by atoms with Gasteiger partial charge in [-0.1, -0.05) is 36.3 Å². The van der Waals surface area contributed by atoms with E-state index >= 15 is 0 Å². The Balaban J connectivity index is 1.51. The molecule has 180 valence electrons. The molecular formula is C24H33N3O4S2. The predicted octanol–water partition coefficient (Wildman–Crippen LogP) is 4.53. The Morgan fingerprint density at radius 3 is 2.64 bits per heavy atom. The molecule has 3 N–H and O–H groups in total. The molecule has 0 spiro atoms. The van der Waals surface area contributed by atoms with Crippen molar-refractivity contribution in [3.63, 3.8) is 0 Å². The van der Waals surface area contributed by atoms with Gasteiger partial charge < -0.3 is 10.4 Å². The van der Waals surface area contributed by atoms with E-state index in [-0.39, 0.29) is 16.8 Å². The first-order valence-corrected chi connectivity index (χ1v) is 14.1. The summed E-state index contributed by atoms with van der Waals surface area (Å²) in [6.45, 7) is 3.65. The van der Waals surface area contributed by atoms with Crippen LogP contribution in [0.25, 0.3) is 10.4 Å². The van der Waals surface area contributed by atoms with Gasteiger partial charge in [-0.25, -0.2) is 18.1 Å². The molecule has 7 nitrogen and oxygen atoms in total. The third kappa shape index (κ3) is 6.01. The second-order valence-electron chi connectivity index (χ2n) is 9.46. The van der Waals surface area contributed by atoms with Gasteiger partial charge in [0, 0.05) is 12.5 Å². The van der Waals surface area contributed by atoms with Crippen molar-refractivity contribution in [3.8, 4) is 10.4 Å². The Hall–Kier alpha value is -1.81. The summed E-state index contributed by atoms with van der Waals surface area (Å²) >= 11 is 1.37. The van der Waals surface area contributed by atoms with Crippen LogP contribution in [0.4, 0.5) is 5.13 Å². The van der Waals surface area contributed by atoms with Crippen LogP contribution in [0.15, 0.2) is 23.1 Å². The molecule has 1 aromatic carbocycles. The maximum Gasteiger partial charge on any atom is 0.241 e. The molecule has 2 atom stereocenters. The Morgan fingerprint density at radius 2 is 1.91 bits per heavy atom. The second kappa shape index (κ2) is 10.2. The lowest BCUT2D eigenvalue weighted by atomic mass is 9.94. The fraction of sp³-hybridized carbons (Fsp3) is 0.583. The lowest BCUT2D eigenvalue weighted by molar-refractivity contribution is -0.117. The molecule has 2 aromatic rings. The highest BCUT2D eigenvalue weighted by Crippen LogP contribution is 2.35. The van der Waals surface area contributed by atoms with Gasteiger partial charge in [0.25, 0.3) is 0 Å². The molecule has 2 aliphatic rings. The normalized spacial score (nSPS) is 21.9. The van der Waals surface area contributed by atoms with Crippen LogP contribution in [0.5, 0.6) is 0 Å². The topological polar surface area (TPSA) is 108 Å². The van der Waals surface area contributed by atoms with Crippen LogP contribution in [0.1, 0.15) is 69.0 Å². The quantitative estimate of drug-likeness (QED) is 0.527. The molecular weight excluding hydrogens is 458 g/mol. The average Bonchev–Trinajstić information content (AvgIpc) is 3.37. The summed E-state index contributed by atoms with van der Waals surface area (Å²) in [4.78, 5) is 18.0. The zero-order valence-corrected chi connectivity index (χ0v) is 20.9. The van der Waals surface area contributed by atoms with Crippen molar-refractivity contribution >= 4 is 32.4 Å². The largest absolute Gasteiger partial charge is 0.393 e. The number of sulfonamides is 1. The molecule has 1 aromatic heterocycles. The molecule has 2 saturated carbocycles. The third-order valence-electron chi connectivity index (χ3n) is 6.70. The molecule has 1 heterocycles. The number of carbonyl (C=O) groups is 1. The lowest BCUT2D eigenvalue weighted by Gasteiger charge is -2.26. The highest BCUT2D eigenvalue weighted by molar-refractivity contribution is 7.89. The smallest absolute Gasteiger partial charge is 0.241 e. The maximum absolute atomic E-state index is 13.1. The SMILES string of the molecule is Cc1ccc(-c2sc(NC(=O)CC3CCCC3)nc2C)cc1S(=O)(=O)N[C@H]1CCC[C@@H](O)C1. The summed E-state index contributed by atoms with van der Waals surface area (Å²) in [7, 11) is -3.73. The molecule has 9 heteroatoms. The molecule has 0 bridgehead atoms. The van der Waals surface area contributed by atoms with E-state index in [2.05, 4.69) is 15.0 Å². The van der Waals surface area contributed by atoms with Crippen molar-refractivity contribution in [1.82, 2.24) is 9.71 Å². The van der Waals surface area contributed by atoms with E-state index in [9.17, 15) is 18.3 Å². The molecule has 2 aliphatic carbocycles. The Kier molecular flexibility index (Phi) is 7.53. The number of hydrogen-bond acceptors (Lipinski definition) is 6. The highest BCUT2D eigenvalue weighted by Gasteiger charge is 2.27. The molecule has 0 saturated heterocycles. The number of nitrogens with zero attached hydrogens (tertiary/aromatic N) is 1. The van der Waals surface area contributed by atoms with Crippen LogP contribution >= 0.6 is 11.3 Å². The first kappa shape index (κ1) is 24.3. The number of anilines is 1. The minimum Gasteiger partial charge on any atom is -0.393 e. The van der Waals surface area contributed by atoms with E-state index in [0.29, 0.717) is 29.5 Å². The number of aliphatic hydroxyl groups excluding tert-OH is 1. The van der Waals surface area contributed by atoms with E-state index in [1.54, 1.807) is 19.1 Å². The van der Waals surface area contributed by atoms with Crippen LogP contribution in [-0.2, 0) is 14.8 Å². The van der Waals surface area contributed by atoms with Gasteiger partial charge in [-0.2, -0.15) is 0 Å². The number of aliphatic hydroxyl groups is 1. The summed E-state index contributed by atoms with van der Waals surface area (Å²) in [5.41, 5.74) is 2.18. The number of thiazole rings is 1. The number of carbonyl (C=O) groups excluding carboxylic acids is 1. The van der Waals surface area contributed by atoms with Crippen LogP contribution in [0, 0.1) is 19.8 Å². The van der Waals surface area contributed by atoms with Gasteiger partial charge >= 0.3 is 0 Å².